The maximum Gasteiger partial charge on any atom is 0.155 e. The summed E-state index contributed by atoms with van der Waals surface area (Å²) in [6, 6.07) is 11.7. The van der Waals surface area contributed by atoms with Gasteiger partial charge in [0.2, 0.25) is 0 Å². The SMILES string of the molecule is CC(C)COc1ccc(Cl)cc1Cc1cccc(-c2ncc[nH]2)n1. The van der Waals surface area contributed by atoms with Crippen LogP contribution in [0.4, 0.5) is 0 Å². The lowest BCUT2D eigenvalue weighted by atomic mass is 10.1. The molecule has 2 aromatic heterocycles. The smallest absolute Gasteiger partial charge is 0.155 e. The Kier molecular flexibility index (Phi) is 5.16. The number of nitrogens with one attached hydrogen (secondary N) is 1. The molecule has 0 bridgehead atoms. The van der Waals surface area contributed by atoms with Crippen molar-refractivity contribution in [3.05, 3.63) is 65.1 Å². The molecule has 2 heterocycles. The van der Waals surface area contributed by atoms with Gasteiger partial charge in [-0.1, -0.05) is 31.5 Å². The van der Waals surface area contributed by atoms with E-state index >= 15 is 0 Å². The van der Waals surface area contributed by atoms with Crippen LogP contribution in [0, 0.1) is 5.92 Å². The summed E-state index contributed by atoms with van der Waals surface area (Å²) in [6.45, 7) is 4.93. The van der Waals surface area contributed by atoms with Crippen molar-refractivity contribution in [2.24, 2.45) is 5.92 Å². The van der Waals surface area contributed by atoms with E-state index in [0.29, 0.717) is 24.0 Å². The molecule has 1 N–H and O–H groups in total. The highest BCUT2D eigenvalue weighted by Crippen LogP contribution is 2.26. The van der Waals surface area contributed by atoms with Gasteiger partial charge in [0.25, 0.3) is 0 Å². The minimum Gasteiger partial charge on any atom is -0.493 e. The number of hydrogen-bond acceptors (Lipinski definition) is 3. The van der Waals surface area contributed by atoms with Gasteiger partial charge in [-0.3, -0.25) is 0 Å². The maximum absolute atomic E-state index is 6.17. The molecule has 0 saturated heterocycles. The van der Waals surface area contributed by atoms with Crippen molar-refractivity contribution >= 4 is 11.6 Å². The molecular formula is C19H20ClN3O. The molecule has 0 atom stereocenters. The fourth-order valence-electron chi connectivity index (χ4n) is 2.39. The number of H-pyrrole nitrogens is 1. The third-order valence-corrected chi connectivity index (χ3v) is 3.75. The Hall–Kier alpha value is -2.33. The van der Waals surface area contributed by atoms with Gasteiger partial charge in [0, 0.05) is 35.1 Å². The van der Waals surface area contributed by atoms with Crippen LogP contribution >= 0.6 is 11.6 Å². The molecule has 1 aromatic carbocycles. The van der Waals surface area contributed by atoms with E-state index in [0.717, 1.165) is 28.5 Å². The Balaban J connectivity index is 1.85. The number of imidazole rings is 1. The highest BCUT2D eigenvalue weighted by Gasteiger charge is 2.09. The molecule has 5 heteroatoms. The summed E-state index contributed by atoms with van der Waals surface area (Å²) in [4.78, 5) is 12.0. The molecule has 0 amide bonds. The zero-order valence-corrected chi connectivity index (χ0v) is 14.5. The number of benzene rings is 1. The van der Waals surface area contributed by atoms with Crippen LogP contribution in [-0.4, -0.2) is 21.6 Å². The number of halogens is 1. The first-order chi connectivity index (χ1) is 11.6. The van der Waals surface area contributed by atoms with Crippen LogP contribution < -0.4 is 4.74 Å². The second kappa shape index (κ2) is 7.49. The monoisotopic (exact) mass is 341 g/mol. The van der Waals surface area contributed by atoms with Crippen LogP contribution in [0.15, 0.2) is 48.8 Å². The van der Waals surface area contributed by atoms with E-state index in [4.69, 9.17) is 16.3 Å². The summed E-state index contributed by atoms with van der Waals surface area (Å²) in [7, 11) is 0. The largest absolute Gasteiger partial charge is 0.493 e. The molecule has 4 nitrogen and oxygen atoms in total. The summed E-state index contributed by atoms with van der Waals surface area (Å²) in [5.41, 5.74) is 2.80. The molecule has 124 valence electrons. The fourth-order valence-corrected chi connectivity index (χ4v) is 2.59. The molecule has 0 fully saturated rings. The first-order valence-corrected chi connectivity index (χ1v) is 8.36. The summed E-state index contributed by atoms with van der Waals surface area (Å²) in [5.74, 6) is 2.09. The summed E-state index contributed by atoms with van der Waals surface area (Å²) in [5, 5.41) is 0.698. The van der Waals surface area contributed by atoms with Gasteiger partial charge >= 0.3 is 0 Å². The lowest BCUT2D eigenvalue weighted by Crippen LogP contribution is -2.06. The van der Waals surface area contributed by atoms with E-state index < -0.39 is 0 Å². The highest BCUT2D eigenvalue weighted by atomic mass is 35.5. The fraction of sp³-hybridized carbons (Fsp3) is 0.263. The topological polar surface area (TPSA) is 50.8 Å². The van der Waals surface area contributed by atoms with E-state index in [1.54, 1.807) is 12.4 Å². The predicted molar refractivity (Wildman–Crippen MR) is 96.4 cm³/mol. The molecule has 0 aliphatic rings. The van der Waals surface area contributed by atoms with Crippen LogP contribution in [0.5, 0.6) is 5.75 Å². The average Bonchev–Trinajstić information content (AvgIpc) is 3.09. The van der Waals surface area contributed by atoms with Gasteiger partial charge in [-0.15, -0.1) is 0 Å². The van der Waals surface area contributed by atoms with Gasteiger partial charge in [0.1, 0.15) is 11.4 Å². The predicted octanol–water partition coefficient (Wildman–Crippen LogP) is 4.75. The normalized spacial score (nSPS) is 11.0. The van der Waals surface area contributed by atoms with Gasteiger partial charge in [0.05, 0.1) is 6.61 Å². The van der Waals surface area contributed by atoms with Gasteiger partial charge in [-0.05, 0) is 36.2 Å². The molecule has 0 saturated carbocycles. The molecule has 0 aliphatic heterocycles. The van der Waals surface area contributed by atoms with Crippen LogP contribution in [0.1, 0.15) is 25.1 Å². The van der Waals surface area contributed by atoms with Crippen molar-refractivity contribution in [1.29, 1.82) is 0 Å². The van der Waals surface area contributed by atoms with Crippen molar-refractivity contribution in [1.82, 2.24) is 15.0 Å². The molecule has 0 aliphatic carbocycles. The summed E-state index contributed by atoms with van der Waals surface area (Å²) in [6.07, 6.45) is 4.17. The standard InChI is InChI=1S/C19H20ClN3O/c1-13(2)12-24-18-7-6-15(20)10-14(18)11-16-4-3-5-17(23-16)19-21-8-9-22-19/h3-10,13H,11-12H2,1-2H3,(H,21,22). The molecule has 3 rings (SSSR count). The average molecular weight is 342 g/mol. The molecule has 0 unspecified atom stereocenters. The van der Waals surface area contributed by atoms with Crippen LogP contribution in [-0.2, 0) is 6.42 Å². The van der Waals surface area contributed by atoms with Gasteiger partial charge in [-0.25, -0.2) is 9.97 Å². The Morgan fingerprint density at radius 1 is 1.21 bits per heavy atom. The van der Waals surface area contributed by atoms with Gasteiger partial charge < -0.3 is 9.72 Å². The van der Waals surface area contributed by atoms with Crippen molar-refractivity contribution in [3.63, 3.8) is 0 Å². The van der Waals surface area contributed by atoms with Crippen LogP contribution in [0.2, 0.25) is 5.02 Å². The first-order valence-electron chi connectivity index (χ1n) is 7.98. The van der Waals surface area contributed by atoms with E-state index in [-0.39, 0.29) is 0 Å². The molecule has 3 aromatic rings. The lowest BCUT2D eigenvalue weighted by Gasteiger charge is -2.13. The van der Waals surface area contributed by atoms with E-state index in [9.17, 15) is 0 Å². The number of nitrogens with zero attached hydrogens (tertiary/aromatic N) is 2. The number of aromatic amines is 1. The minimum absolute atomic E-state index is 0.467. The molecule has 24 heavy (non-hydrogen) atoms. The highest BCUT2D eigenvalue weighted by molar-refractivity contribution is 6.30. The number of rotatable bonds is 6. The van der Waals surface area contributed by atoms with Crippen molar-refractivity contribution in [3.8, 4) is 17.3 Å². The van der Waals surface area contributed by atoms with Crippen molar-refractivity contribution in [2.75, 3.05) is 6.61 Å². The van der Waals surface area contributed by atoms with Crippen LogP contribution in [0.3, 0.4) is 0 Å². The Morgan fingerprint density at radius 3 is 2.83 bits per heavy atom. The zero-order valence-electron chi connectivity index (χ0n) is 13.8. The summed E-state index contributed by atoms with van der Waals surface area (Å²) >= 11 is 6.17. The van der Waals surface area contributed by atoms with Crippen molar-refractivity contribution in [2.45, 2.75) is 20.3 Å². The number of ether oxygens (including phenoxy) is 1. The third kappa shape index (κ3) is 4.15. The Bertz CT molecular complexity index is 800. The molecular weight excluding hydrogens is 322 g/mol. The molecule has 0 radical (unpaired) electrons. The molecule has 0 spiro atoms. The third-order valence-electron chi connectivity index (χ3n) is 3.51. The lowest BCUT2D eigenvalue weighted by molar-refractivity contribution is 0.269. The van der Waals surface area contributed by atoms with Crippen LogP contribution in [0.25, 0.3) is 11.5 Å². The first kappa shape index (κ1) is 16.5. The second-order valence-corrected chi connectivity index (χ2v) is 6.52. The van der Waals surface area contributed by atoms with E-state index in [2.05, 4.69) is 28.8 Å². The van der Waals surface area contributed by atoms with E-state index in [1.165, 1.54) is 0 Å². The second-order valence-electron chi connectivity index (χ2n) is 6.09. The van der Waals surface area contributed by atoms with Gasteiger partial charge in [0.15, 0.2) is 5.82 Å². The van der Waals surface area contributed by atoms with Gasteiger partial charge in [-0.2, -0.15) is 0 Å². The quantitative estimate of drug-likeness (QED) is 0.703. The van der Waals surface area contributed by atoms with E-state index in [1.807, 2.05) is 36.4 Å². The number of hydrogen-bond donors (Lipinski definition) is 1. The number of aromatic nitrogens is 3. The Labute approximate surface area is 146 Å². The maximum atomic E-state index is 6.17. The number of pyridine rings is 1. The van der Waals surface area contributed by atoms with Crippen molar-refractivity contribution < 1.29 is 4.74 Å². The summed E-state index contributed by atoms with van der Waals surface area (Å²) < 4.78 is 5.92. The zero-order chi connectivity index (χ0) is 16.9. The Morgan fingerprint density at radius 2 is 2.08 bits per heavy atom. The minimum atomic E-state index is 0.467.